The Labute approximate surface area is 191 Å². The minimum Gasteiger partial charge on any atom is -0.473 e. The summed E-state index contributed by atoms with van der Waals surface area (Å²) in [4.78, 5) is 27.3. The number of carbonyl (C=O) groups is 2. The number of carbonyl (C=O) groups excluding carboxylic acids is 2. The van der Waals surface area contributed by atoms with Crippen molar-refractivity contribution in [1.29, 1.82) is 0 Å². The molecule has 1 saturated heterocycles. The van der Waals surface area contributed by atoms with Crippen molar-refractivity contribution in [2.45, 2.75) is 70.1 Å². The average Bonchev–Trinajstić information content (AvgIpc) is 3.02. The summed E-state index contributed by atoms with van der Waals surface area (Å²) in [6.45, 7) is 10.9. The van der Waals surface area contributed by atoms with Crippen LogP contribution in [0.3, 0.4) is 0 Å². The zero-order chi connectivity index (χ0) is 23.5. The fraction of sp³-hybridized carbons (Fsp3) is 0.500. The van der Waals surface area contributed by atoms with Crippen molar-refractivity contribution in [2.75, 3.05) is 7.11 Å². The Hall–Kier alpha value is -2.58. The quantitative estimate of drug-likeness (QED) is 0.467. The molecule has 3 atom stereocenters. The molecular weight excluding hydrogens is 426 g/mol. The number of likely N-dealkylation sites (tertiary alicyclic amines) is 1. The summed E-state index contributed by atoms with van der Waals surface area (Å²) in [5.74, 6) is -0.495. The summed E-state index contributed by atoms with van der Waals surface area (Å²) in [6.07, 6.45) is 4.23. The molecule has 0 saturated carbocycles. The predicted octanol–water partition coefficient (Wildman–Crippen LogP) is 4.76. The van der Waals surface area contributed by atoms with Crippen LogP contribution in [-0.2, 0) is 30.0 Å². The van der Waals surface area contributed by atoms with E-state index in [4.69, 9.17) is 18.6 Å². The van der Waals surface area contributed by atoms with Crippen molar-refractivity contribution in [3.8, 4) is 0 Å². The second-order valence-corrected chi connectivity index (χ2v) is 14.4. The summed E-state index contributed by atoms with van der Waals surface area (Å²) >= 11 is 0. The maximum absolute atomic E-state index is 13.3. The van der Waals surface area contributed by atoms with Crippen LogP contribution in [0.1, 0.15) is 32.8 Å². The lowest BCUT2D eigenvalue weighted by Crippen LogP contribution is -2.53. The number of nitrogens with zero attached hydrogens (tertiary/aromatic N) is 1. The van der Waals surface area contributed by atoms with E-state index in [0.29, 0.717) is 6.42 Å². The molecule has 2 heterocycles. The van der Waals surface area contributed by atoms with Gasteiger partial charge in [0, 0.05) is 6.42 Å². The Morgan fingerprint density at radius 1 is 1.19 bits per heavy atom. The van der Waals surface area contributed by atoms with Crippen molar-refractivity contribution in [2.24, 2.45) is 0 Å². The van der Waals surface area contributed by atoms with Gasteiger partial charge in [-0.05, 0) is 35.3 Å². The summed E-state index contributed by atoms with van der Waals surface area (Å²) in [5, 5.41) is -0.0309. The molecule has 0 spiro atoms. The van der Waals surface area contributed by atoms with Crippen LogP contribution in [0, 0.1) is 0 Å². The molecule has 1 aromatic carbocycles. The van der Waals surface area contributed by atoms with Crippen molar-refractivity contribution in [3.05, 3.63) is 60.1 Å². The van der Waals surface area contributed by atoms with E-state index in [9.17, 15) is 9.59 Å². The first-order valence-corrected chi connectivity index (χ1v) is 13.7. The van der Waals surface area contributed by atoms with Gasteiger partial charge in [-0.3, -0.25) is 4.90 Å². The lowest BCUT2D eigenvalue weighted by Gasteiger charge is -2.41. The maximum atomic E-state index is 13.3. The van der Waals surface area contributed by atoms with E-state index >= 15 is 0 Å². The molecule has 0 radical (unpaired) electrons. The lowest BCUT2D eigenvalue weighted by molar-refractivity contribution is -0.146. The van der Waals surface area contributed by atoms with E-state index in [-0.39, 0.29) is 11.6 Å². The van der Waals surface area contributed by atoms with Crippen LogP contribution in [0.25, 0.3) is 0 Å². The molecule has 3 rings (SSSR count). The molecule has 2 aliphatic rings. The molecule has 0 unspecified atom stereocenters. The van der Waals surface area contributed by atoms with Crippen LogP contribution in [0.2, 0.25) is 18.1 Å². The fourth-order valence-corrected chi connectivity index (χ4v) is 4.89. The van der Waals surface area contributed by atoms with Crippen molar-refractivity contribution >= 4 is 20.4 Å². The normalized spacial score (nSPS) is 23.0. The Bertz CT molecular complexity index is 890. The van der Waals surface area contributed by atoms with Gasteiger partial charge in [-0.15, -0.1) is 0 Å². The van der Waals surface area contributed by atoms with E-state index < -0.39 is 38.6 Å². The number of methoxy groups -OCH3 is 1. The molecule has 8 heteroatoms. The third-order valence-electron chi connectivity index (χ3n) is 6.45. The van der Waals surface area contributed by atoms with Gasteiger partial charge in [-0.2, -0.15) is 0 Å². The van der Waals surface area contributed by atoms with E-state index in [1.807, 2.05) is 36.4 Å². The molecule has 174 valence electrons. The Kier molecular flexibility index (Phi) is 7.15. The van der Waals surface area contributed by atoms with Gasteiger partial charge in [0.25, 0.3) is 0 Å². The average molecular weight is 460 g/mol. The lowest BCUT2D eigenvalue weighted by atomic mass is 10.0. The summed E-state index contributed by atoms with van der Waals surface area (Å²) in [7, 11) is -0.879. The van der Waals surface area contributed by atoms with Crippen LogP contribution in [-0.4, -0.2) is 50.6 Å². The topological polar surface area (TPSA) is 74.3 Å². The largest absolute Gasteiger partial charge is 0.473 e. The standard InChI is InChI=1S/C24H33NO6Si/c1-24(2,3)32(5,6)31-20-12-13-29-16-18-14-19(22(26)28-4)25(21(18)20)23(27)30-15-17-10-8-7-9-11-17/h7-13,16,19-21H,14-15H2,1-6H3/t19-,20+,21-/m0/s1. The van der Waals surface area contributed by atoms with Crippen LogP contribution < -0.4 is 0 Å². The summed E-state index contributed by atoms with van der Waals surface area (Å²) < 4.78 is 22.8. The second kappa shape index (κ2) is 9.50. The Morgan fingerprint density at radius 3 is 2.50 bits per heavy atom. The van der Waals surface area contributed by atoms with Crippen molar-refractivity contribution in [3.63, 3.8) is 0 Å². The number of hydrogen-bond donors (Lipinski definition) is 0. The number of ether oxygens (including phenoxy) is 3. The molecule has 0 aliphatic carbocycles. The molecule has 1 aromatic rings. The Morgan fingerprint density at radius 2 is 1.88 bits per heavy atom. The first-order valence-electron chi connectivity index (χ1n) is 10.8. The Balaban J connectivity index is 1.91. The number of esters is 1. The van der Waals surface area contributed by atoms with E-state index in [1.165, 1.54) is 12.0 Å². The summed E-state index contributed by atoms with van der Waals surface area (Å²) in [6, 6.07) is 8.10. The van der Waals surface area contributed by atoms with Crippen LogP contribution >= 0.6 is 0 Å². The maximum Gasteiger partial charge on any atom is 0.411 e. The van der Waals surface area contributed by atoms with Crippen molar-refractivity contribution in [1.82, 2.24) is 4.90 Å². The van der Waals surface area contributed by atoms with Gasteiger partial charge in [0.05, 0.1) is 31.8 Å². The minimum absolute atomic E-state index is 0.0309. The molecule has 7 nitrogen and oxygen atoms in total. The minimum atomic E-state index is -2.20. The van der Waals surface area contributed by atoms with E-state index in [2.05, 4.69) is 33.9 Å². The predicted molar refractivity (Wildman–Crippen MR) is 123 cm³/mol. The van der Waals surface area contributed by atoms with E-state index in [1.54, 1.807) is 12.5 Å². The van der Waals surface area contributed by atoms with E-state index in [0.717, 1.165) is 11.1 Å². The number of benzene rings is 1. The third-order valence-corrected chi connectivity index (χ3v) is 10.9. The van der Waals surface area contributed by atoms with Gasteiger partial charge >= 0.3 is 12.1 Å². The molecule has 2 aliphatic heterocycles. The number of amides is 1. The van der Waals surface area contributed by atoms with Crippen LogP contribution in [0.5, 0.6) is 0 Å². The van der Waals surface area contributed by atoms with Gasteiger partial charge in [0.15, 0.2) is 8.32 Å². The zero-order valence-electron chi connectivity index (χ0n) is 19.7. The third kappa shape index (κ3) is 5.07. The van der Waals surface area contributed by atoms with Gasteiger partial charge in [0.2, 0.25) is 0 Å². The number of fused-ring (bicyclic) bond motifs is 1. The zero-order valence-corrected chi connectivity index (χ0v) is 20.7. The first kappa shape index (κ1) is 24.1. The molecule has 1 fully saturated rings. The highest BCUT2D eigenvalue weighted by atomic mass is 28.4. The highest BCUT2D eigenvalue weighted by molar-refractivity contribution is 6.74. The fourth-order valence-electron chi connectivity index (χ4n) is 3.64. The van der Waals surface area contributed by atoms with Crippen LogP contribution in [0.15, 0.2) is 54.5 Å². The van der Waals surface area contributed by atoms with Gasteiger partial charge in [-0.1, -0.05) is 51.1 Å². The van der Waals surface area contributed by atoms with Gasteiger partial charge < -0.3 is 18.6 Å². The number of rotatable bonds is 5. The molecule has 32 heavy (non-hydrogen) atoms. The first-order chi connectivity index (χ1) is 15.0. The monoisotopic (exact) mass is 459 g/mol. The van der Waals surface area contributed by atoms with Crippen LogP contribution in [0.4, 0.5) is 4.79 Å². The highest BCUT2D eigenvalue weighted by Crippen LogP contribution is 2.41. The molecule has 0 N–H and O–H groups in total. The van der Waals surface area contributed by atoms with Crippen molar-refractivity contribution < 1.29 is 28.2 Å². The highest BCUT2D eigenvalue weighted by Gasteiger charge is 2.51. The molecular formula is C24H33NO6Si. The smallest absolute Gasteiger partial charge is 0.411 e. The molecule has 0 aromatic heterocycles. The second-order valence-electron chi connectivity index (χ2n) is 9.64. The summed E-state index contributed by atoms with van der Waals surface area (Å²) in [5.41, 5.74) is 1.66. The SMILES string of the molecule is COC(=O)[C@@H]1CC2=COC=C[C@@H](O[Si](C)(C)C(C)(C)C)[C@H]2N1C(=O)OCc1ccccc1. The molecule has 1 amide bonds. The number of hydrogen-bond acceptors (Lipinski definition) is 6. The van der Waals surface area contributed by atoms with Gasteiger partial charge in [-0.25, -0.2) is 9.59 Å². The molecule has 0 bridgehead atoms. The van der Waals surface area contributed by atoms with Gasteiger partial charge in [0.1, 0.15) is 12.6 Å².